The fraction of sp³-hybridized carbons (Fsp3) is 0.300. The predicted molar refractivity (Wildman–Crippen MR) is 55.0 cm³/mol. The lowest BCUT2D eigenvalue weighted by Crippen LogP contribution is -1.99. The molecule has 0 atom stereocenters. The first-order valence-electron chi connectivity index (χ1n) is 4.08. The molecule has 70 valence electrons. The lowest BCUT2D eigenvalue weighted by molar-refractivity contribution is -0.136. The molecule has 0 amide bonds. The molecule has 3 heteroatoms. The zero-order chi connectivity index (χ0) is 9.68. The molecule has 0 aliphatic carbocycles. The normalized spacial score (nSPS) is 9.92. The van der Waals surface area contributed by atoms with E-state index in [1.165, 1.54) is 5.56 Å². The van der Waals surface area contributed by atoms with E-state index in [4.69, 9.17) is 5.11 Å². The molecule has 0 heterocycles. The van der Waals surface area contributed by atoms with E-state index in [0.717, 1.165) is 10.9 Å². The topological polar surface area (TPSA) is 37.3 Å². The van der Waals surface area contributed by atoms with Crippen molar-refractivity contribution in [3.8, 4) is 0 Å². The number of hydrogen-bond donors (Lipinski definition) is 1. The van der Waals surface area contributed by atoms with E-state index in [2.05, 4.69) is 15.9 Å². The summed E-state index contributed by atoms with van der Waals surface area (Å²) in [5, 5.41) is 9.31. The van der Waals surface area contributed by atoms with Crippen LogP contribution >= 0.6 is 15.9 Å². The number of aryl methyl sites for hydroxylation is 1. The molecule has 13 heavy (non-hydrogen) atoms. The molecule has 0 fully saturated rings. The highest BCUT2D eigenvalue weighted by Crippen LogP contribution is 2.13. The van der Waals surface area contributed by atoms with Crippen molar-refractivity contribution in [1.82, 2.24) is 0 Å². The lowest BCUT2D eigenvalue weighted by Gasteiger charge is -2.04. The van der Waals surface area contributed by atoms with Gasteiger partial charge in [-0.15, -0.1) is 0 Å². The van der Waals surface area contributed by atoms with Gasteiger partial charge < -0.3 is 5.11 Å². The first-order valence-corrected chi connectivity index (χ1v) is 5.20. The van der Waals surface area contributed by atoms with E-state index >= 15 is 0 Å². The summed E-state index contributed by atoms with van der Waals surface area (Å²) in [6, 6.07) is 7.87. The molecule has 0 radical (unpaired) electrons. The van der Waals surface area contributed by atoms with Gasteiger partial charge in [-0.2, -0.15) is 0 Å². The van der Waals surface area contributed by atoms with E-state index in [9.17, 15) is 4.79 Å². The first-order chi connectivity index (χ1) is 6.24. The number of benzene rings is 1. The number of carboxylic acids is 1. The molecule has 1 aromatic rings. The van der Waals surface area contributed by atoms with Crippen molar-refractivity contribution < 1.29 is 9.90 Å². The Morgan fingerprint density at radius 1 is 1.31 bits per heavy atom. The molecular formula is C10H11BrO2. The average molecular weight is 243 g/mol. The van der Waals surface area contributed by atoms with Crippen LogP contribution in [0.1, 0.15) is 17.5 Å². The minimum absolute atomic E-state index is 0.198. The van der Waals surface area contributed by atoms with Crippen LogP contribution in [0.2, 0.25) is 0 Å². The highest BCUT2D eigenvalue weighted by atomic mass is 79.9. The number of aliphatic carboxylic acids is 1. The van der Waals surface area contributed by atoms with E-state index in [1.54, 1.807) is 0 Å². The predicted octanol–water partition coefficient (Wildman–Crippen LogP) is 2.60. The van der Waals surface area contributed by atoms with Gasteiger partial charge in [-0.25, -0.2) is 0 Å². The summed E-state index contributed by atoms with van der Waals surface area (Å²) in [6.45, 7) is 0. The van der Waals surface area contributed by atoms with Gasteiger partial charge in [0.2, 0.25) is 0 Å². The largest absolute Gasteiger partial charge is 0.481 e. The zero-order valence-corrected chi connectivity index (χ0v) is 8.75. The van der Waals surface area contributed by atoms with Crippen molar-refractivity contribution in [2.24, 2.45) is 0 Å². The number of carboxylic acid groups (broad SMARTS) is 1. The van der Waals surface area contributed by atoms with Crippen molar-refractivity contribution in [1.29, 1.82) is 0 Å². The van der Waals surface area contributed by atoms with Crippen LogP contribution in [0.3, 0.4) is 0 Å². The van der Waals surface area contributed by atoms with Crippen LogP contribution in [0.5, 0.6) is 0 Å². The number of hydrogen-bond acceptors (Lipinski definition) is 1. The molecular weight excluding hydrogens is 232 g/mol. The van der Waals surface area contributed by atoms with Crippen molar-refractivity contribution in [2.75, 3.05) is 0 Å². The molecule has 1 N–H and O–H groups in total. The van der Waals surface area contributed by atoms with Crippen LogP contribution in [-0.2, 0) is 16.5 Å². The quantitative estimate of drug-likeness (QED) is 0.825. The molecule has 0 saturated heterocycles. The van der Waals surface area contributed by atoms with Crippen molar-refractivity contribution in [2.45, 2.75) is 18.2 Å². The third kappa shape index (κ3) is 3.19. The zero-order valence-electron chi connectivity index (χ0n) is 7.16. The van der Waals surface area contributed by atoms with Crippen LogP contribution in [0.15, 0.2) is 24.3 Å². The molecule has 0 bridgehead atoms. The Hall–Kier alpha value is -0.830. The van der Waals surface area contributed by atoms with E-state index in [0.29, 0.717) is 6.42 Å². The van der Waals surface area contributed by atoms with Gasteiger partial charge in [-0.3, -0.25) is 4.79 Å². The Labute approximate surface area is 85.7 Å². The highest BCUT2D eigenvalue weighted by Gasteiger charge is 2.02. The Balaban J connectivity index is 2.69. The van der Waals surface area contributed by atoms with Gasteiger partial charge in [0.25, 0.3) is 0 Å². The van der Waals surface area contributed by atoms with E-state index in [-0.39, 0.29) is 6.42 Å². The third-order valence-corrected chi connectivity index (χ3v) is 2.47. The lowest BCUT2D eigenvalue weighted by atomic mass is 10.0. The van der Waals surface area contributed by atoms with Gasteiger partial charge in [0.1, 0.15) is 0 Å². The summed E-state index contributed by atoms with van der Waals surface area (Å²) in [5.74, 6) is -0.746. The van der Waals surface area contributed by atoms with Gasteiger partial charge in [0, 0.05) is 11.8 Å². The SMILES string of the molecule is O=C(O)CCc1ccccc1CBr. The average Bonchev–Trinajstić information content (AvgIpc) is 2.15. The van der Waals surface area contributed by atoms with Gasteiger partial charge >= 0.3 is 5.97 Å². The summed E-state index contributed by atoms with van der Waals surface area (Å²) >= 11 is 3.37. The second-order valence-corrected chi connectivity index (χ2v) is 3.36. The molecule has 0 unspecified atom stereocenters. The summed E-state index contributed by atoms with van der Waals surface area (Å²) in [5.41, 5.74) is 2.28. The molecule has 0 aromatic heterocycles. The van der Waals surface area contributed by atoms with Gasteiger partial charge in [0.05, 0.1) is 0 Å². The molecule has 1 aromatic carbocycles. The highest BCUT2D eigenvalue weighted by molar-refractivity contribution is 9.08. The maximum atomic E-state index is 10.4. The van der Waals surface area contributed by atoms with Gasteiger partial charge in [0.15, 0.2) is 0 Å². The van der Waals surface area contributed by atoms with E-state index < -0.39 is 5.97 Å². The Kier molecular flexibility index (Phi) is 3.96. The van der Waals surface area contributed by atoms with Gasteiger partial charge in [-0.1, -0.05) is 40.2 Å². The number of rotatable bonds is 4. The molecule has 0 spiro atoms. The van der Waals surface area contributed by atoms with E-state index in [1.807, 2.05) is 24.3 Å². The fourth-order valence-corrected chi connectivity index (χ4v) is 1.72. The molecule has 0 aliphatic rings. The molecule has 2 nitrogen and oxygen atoms in total. The van der Waals surface area contributed by atoms with Crippen LogP contribution in [0.25, 0.3) is 0 Å². The van der Waals surface area contributed by atoms with Crippen molar-refractivity contribution >= 4 is 21.9 Å². The van der Waals surface area contributed by atoms with Crippen LogP contribution < -0.4 is 0 Å². The third-order valence-electron chi connectivity index (χ3n) is 1.87. The van der Waals surface area contributed by atoms with Crippen LogP contribution in [0.4, 0.5) is 0 Å². The van der Waals surface area contributed by atoms with Crippen LogP contribution in [-0.4, -0.2) is 11.1 Å². The summed E-state index contributed by atoms with van der Waals surface area (Å²) < 4.78 is 0. The summed E-state index contributed by atoms with van der Waals surface area (Å²) in [7, 11) is 0. The standard InChI is InChI=1S/C10H11BrO2/c11-7-9-4-2-1-3-8(9)5-6-10(12)13/h1-4H,5-7H2,(H,12,13). The smallest absolute Gasteiger partial charge is 0.303 e. The maximum Gasteiger partial charge on any atom is 0.303 e. The van der Waals surface area contributed by atoms with Gasteiger partial charge in [-0.05, 0) is 17.5 Å². The monoisotopic (exact) mass is 242 g/mol. The molecule has 0 aliphatic heterocycles. The Morgan fingerprint density at radius 2 is 1.92 bits per heavy atom. The van der Waals surface area contributed by atoms with Crippen molar-refractivity contribution in [3.63, 3.8) is 0 Å². The molecule has 0 saturated carbocycles. The summed E-state index contributed by atoms with van der Waals surface area (Å²) in [6.07, 6.45) is 0.807. The Morgan fingerprint density at radius 3 is 2.46 bits per heavy atom. The number of carbonyl (C=O) groups is 1. The first kappa shape index (κ1) is 10.3. The van der Waals surface area contributed by atoms with Crippen LogP contribution in [0, 0.1) is 0 Å². The second kappa shape index (κ2) is 5.02. The minimum atomic E-state index is -0.746. The molecule has 1 rings (SSSR count). The second-order valence-electron chi connectivity index (χ2n) is 2.80. The number of halogens is 1. The number of alkyl halides is 1. The Bertz CT molecular complexity index is 297. The fourth-order valence-electron chi connectivity index (χ4n) is 1.17. The summed E-state index contributed by atoms with van der Waals surface area (Å²) in [4.78, 5) is 10.4. The maximum absolute atomic E-state index is 10.4. The van der Waals surface area contributed by atoms with Crippen molar-refractivity contribution in [3.05, 3.63) is 35.4 Å². The minimum Gasteiger partial charge on any atom is -0.481 e.